The molecule has 0 unspecified atom stereocenters. The minimum Gasteiger partial charge on any atom is -0.399 e. The first-order valence-corrected chi connectivity index (χ1v) is 3.88. The predicted molar refractivity (Wildman–Crippen MR) is 51.1 cm³/mol. The van der Waals surface area contributed by atoms with E-state index in [4.69, 9.17) is 5.73 Å². The summed E-state index contributed by atoms with van der Waals surface area (Å²) >= 11 is 0. The maximum atomic E-state index is 5.76. The van der Waals surface area contributed by atoms with Crippen molar-refractivity contribution in [2.24, 2.45) is 11.7 Å². The number of rotatable bonds is 3. The maximum Gasteiger partial charge on any atom is 0.0345 e. The molecule has 0 radical (unpaired) electrons. The predicted octanol–water partition coefficient (Wildman–Crippen LogP) is 2.62. The Bertz CT molecular complexity index is 185. The van der Waals surface area contributed by atoms with Crippen molar-refractivity contribution in [3.63, 3.8) is 0 Å². The Morgan fingerprint density at radius 1 is 1.45 bits per heavy atom. The summed E-state index contributed by atoms with van der Waals surface area (Å²) in [5.74, 6) is 0.448. The quantitative estimate of drug-likeness (QED) is 0.616. The Morgan fingerprint density at radius 2 is 2.00 bits per heavy atom. The molecule has 0 spiro atoms. The van der Waals surface area contributed by atoms with Gasteiger partial charge in [-0.3, -0.25) is 0 Å². The molecule has 0 aliphatic carbocycles. The van der Waals surface area contributed by atoms with Gasteiger partial charge in [-0.15, -0.1) is 0 Å². The van der Waals surface area contributed by atoms with E-state index in [1.807, 2.05) is 25.2 Å². The lowest BCUT2D eigenvalue weighted by Crippen LogP contribution is -2.02. The van der Waals surface area contributed by atoms with Crippen molar-refractivity contribution in [1.29, 1.82) is 0 Å². The van der Waals surface area contributed by atoms with Gasteiger partial charge >= 0.3 is 0 Å². The molecule has 2 N–H and O–H groups in total. The van der Waals surface area contributed by atoms with Crippen molar-refractivity contribution >= 4 is 0 Å². The van der Waals surface area contributed by atoms with Crippen LogP contribution in [-0.2, 0) is 0 Å². The van der Waals surface area contributed by atoms with Crippen LogP contribution in [0, 0.1) is 5.92 Å². The highest BCUT2D eigenvalue weighted by molar-refractivity contribution is 5.30. The van der Waals surface area contributed by atoms with Gasteiger partial charge in [-0.05, 0) is 24.5 Å². The minimum atomic E-state index is 0.448. The normalized spacial score (nSPS) is 13.8. The molecule has 0 aromatic heterocycles. The summed E-state index contributed by atoms with van der Waals surface area (Å²) in [6.07, 6.45) is 5.65. The fourth-order valence-corrected chi connectivity index (χ4v) is 0.963. The van der Waals surface area contributed by atoms with Crippen molar-refractivity contribution in [1.82, 2.24) is 0 Å². The zero-order chi connectivity index (χ0) is 8.85. The van der Waals surface area contributed by atoms with Crippen LogP contribution in [0.15, 0.2) is 36.1 Å². The molecular weight excluding hydrogens is 134 g/mol. The summed E-state index contributed by atoms with van der Waals surface area (Å²) in [5.41, 5.74) is 7.69. The average Bonchev–Trinajstić information content (AvgIpc) is 1.88. The SMILES string of the molecule is C=C/C(=C(N)\C=C/C)C(C)C. The van der Waals surface area contributed by atoms with Gasteiger partial charge in [0.15, 0.2) is 0 Å². The second-order valence-corrected chi connectivity index (χ2v) is 2.77. The minimum absolute atomic E-state index is 0.448. The second kappa shape index (κ2) is 4.78. The van der Waals surface area contributed by atoms with Gasteiger partial charge in [0.25, 0.3) is 0 Å². The van der Waals surface area contributed by atoms with Gasteiger partial charge in [0, 0.05) is 5.70 Å². The molecule has 0 aromatic rings. The molecule has 0 bridgehead atoms. The van der Waals surface area contributed by atoms with Gasteiger partial charge in [-0.2, -0.15) is 0 Å². The van der Waals surface area contributed by atoms with Gasteiger partial charge in [0.05, 0.1) is 0 Å². The summed E-state index contributed by atoms with van der Waals surface area (Å²) in [5, 5.41) is 0. The molecule has 11 heavy (non-hydrogen) atoms. The van der Waals surface area contributed by atoms with E-state index in [1.54, 1.807) is 0 Å². The van der Waals surface area contributed by atoms with Crippen LogP contribution < -0.4 is 5.73 Å². The standard InChI is InChI=1S/C10H17N/c1-5-7-10(11)9(6-2)8(3)4/h5-8H,2,11H2,1,3-4H3/b7-5-,10-9-. The van der Waals surface area contributed by atoms with Crippen molar-refractivity contribution in [3.8, 4) is 0 Å². The van der Waals surface area contributed by atoms with E-state index in [2.05, 4.69) is 20.4 Å². The molecule has 1 heteroatoms. The average molecular weight is 151 g/mol. The van der Waals surface area contributed by atoms with E-state index in [0.29, 0.717) is 5.92 Å². The van der Waals surface area contributed by atoms with Crippen molar-refractivity contribution in [2.75, 3.05) is 0 Å². The summed E-state index contributed by atoms with van der Waals surface area (Å²) in [4.78, 5) is 0. The molecule has 0 saturated carbocycles. The second-order valence-electron chi connectivity index (χ2n) is 2.77. The lowest BCUT2D eigenvalue weighted by atomic mass is 10.0. The summed E-state index contributed by atoms with van der Waals surface area (Å²) in [6.45, 7) is 9.88. The molecule has 0 fully saturated rings. The van der Waals surface area contributed by atoms with Gasteiger partial charge in [0.2, 0.25) is 0 Å². The molecule has 0 aliphatic rings. The lowest BCUT2D eigenvalue weighted by molar-refractivity contribution is 0.782. The van der Waals surface area contributed by atoms with Crippen LogP contribution >= 0.6 is 0 Å². The van der Waals surface area contributed by atoms with E-state index < -0.39 is 0 Å². The summed E-state index contributed by atoms with van der Waals surface area (Å²) in [6, 6.07) is 0. The smallest absolute Gasteiger partial charge is 0.0345 e. The van der Waals surface area contributed by atoms with Crippen LogP contribution in [0.3, 0.4) is 0 Å². The van der Waals surface area contributed by atoms with Gasteiger partial charge in [-0.25, -0.2) is 0 Å². The molecule has 1 nitrogen and oxygen atoms in total. The zero-order valence-corrected chi connectivity index (χ0v) is 7.59. The lowest BCUT2D eigenvalue weighted by Gasteiger charge is -2.07. The largest absolute Gasteiger partial charge is 0.399 e. The molecular formula is C10H17N. The first-order valence-electron chi connectivity index (χ1n) is 3.88. The molecule has 0 aliphatic heterocycles. The molecule has 0 amide bonds. The fourth-order valence-electron chi connectivity index (χ4n) is 0.963. The first kappa shape index (κ1) is 10.0. The summed E-state index contributed by atoms with van der Waals surface area (Å²) in [7, 11) is 0. The van der Waals surface area contributed by atoms with E-state index in [9.17, 15) is 0 Å². The molecule has 0 aromatic carbocycles. The van der Waals surface area contributed by atoms with Crippen LogP contribution in [0.2, 0.25) is 0 Å². The number of hydrogen-bond donors (Lipinski definition) is 1. The monoisotopic (exact) mass is 151 g/mol. The van der Waals surface area contributed by atoms with Crippen molar-refractivity contribution in [2.45, 2.75) is 20.8 Å². The Hall–Kier alpha value is -0.980. The van der Waals surface area contributed by atoms with E-state index in [0.717, 1.165) is 11.3 Å². The zero-order valence-electron chi connectivity index (χ0n) is 7.59. The Labute approximate surface area is 69.3 Å². The fraction of sp³-hybridized carbons (Fsp3) is 0.400. The molecule has 62 valence electrons. The van der Waals surface area contributed by atoms with Gasteiger partial charge < -0.3 is 5.73 Å². The number of hydrogen-bond acceptors (Lipinski definition) is 1. The van der Waals surface area contributed by atoms with E-state index in [1.165, 1.54) is 0 Å². The highest BCUT2D eigenvalue weighted by Crippen LogP contribution is 2.13. The highest BCUT2D eigenvalue weighted by Gasteiger charge is 2.00. The third-order valence-electron chi connectivity index (χ3n) is 1.52. The van der Waals surface area contributed by atoms with Crippen molar-refractivity contribution < 1.29 is 0 Å². The number of nitrogens with two attached hydrogens (primary N) is 1. The Balaban J connectivity index is 4.67. The molecule has 0 saturated heterocycles. The van der Waals surface area contributed by atoms with Crippen LogP contribution in [-0.4, -0.2) is 0 Å². The van der Waals surface area contributed by atoms with Crippen LogP contribution in [0.5, 0.6) is 0 Å². The molecule has 0 atom stereocenters. The van der Waals surface area contributed by atoms with Gasteiger partial charge in [0.1, 0.15) is 0 Å². The molecule has 0 rings (SSSR count). The Kier molecular flexibility index (Phi) is 4.35. The number of allylic oxidation sites excluding steroid dienone is 4. The van der Waals surface area contributed by atoms with E-state index in [-0.39, 0.29) is 0 Å². The Morgan fingerprint density at radius 3 is 2.27 bits per heavy atom. The van der Waals surface area contributed by atoms with Gasteiger partial charge in [-0.1, -0.05) is 32.6 Å². The van der Waals surface area contributed by atoms with Crippen molar-refractivity contribution in [3.05, 3.63) is 36.1 Å². The third-order valence-corrected chi connectivity index (χ3v) is 1.52. The van der Waals surface area contributed by atoms with Crippen LogP contribution in [0.4, 0.5) is 0 Å². The topological polar surface area (TPSA) is 26.0 Å². The highest BCUT2D eigenvalue weighted by atomic mass is 14.6. The van der Waals surface area contributed by atoms with Crippen LogP contribution in [0.25, 0.3) is 0 Å². The molecule has 0 heterocycles. The van der Waals surface area contributed by atoms with Crippen LogP contribution in [0.1, 0.15) is 20.8 Å². The third kappa shape index (κ3) is 3.08. The van der Waals surface area contributed by atoms with E-state index >= 15 is 0 Å². The maximum absolute atomic E-state index is 5.76. The summed E-state index contributed by atoms with van der Waals surface area (Å²) < 4.78 is 0. The first-order chi connectivity index (χ1) is 5.13.